The molecule has 0 saturated heterocycles. The molecule has 1 N–H and O–H groups in total. The van der Waals surface area contributed by atoms with Crippen molar-refractivity contribution < 1.29 is 18.3 Å². The zero-order valence-electron chi connectivity index (χ0n) is 12.0. The fourth-order valence-electron chi connectivity index (χ4n) is 2.58. The lowest BCUT2D eigenvalue weighted by Gasteiger charge is -2.15. The minimum absolute atomic E-state index is 0.0900. The molecule has 0 atom stereocenters. The minimum atomic E-state index is -4.53. The Morgan fingerprint density at radius 3 is 2.57 bits per heavy atom. The van der Waals surface area contributed by atoms with Gasteiger partial charge in [-0.05, 0) is 29.5 Å². The Kier molecular flexibility index (Phi) is 3.68. The summed E-state index contributed by atoms with van der Waals surface area (Å²) in [5, 5.41) is 12.0. The number of pyridine rings is 1. The monoisotopic (exact) mass is 339 g/mol. The highest BCUT2D eigenvalue weighted by molar-refractivity contribution is 7.17. The van der Waals surface area contributed by atoms with Crippen molar-refractivity contribution in [2.24, 2.45) is 0 Å². The molecule has 120 valence electrons. The molecule has 7 heteroatoms. The Morgan fingerprint density at radius 2 is 1.91 bits per heavy atom. The van der Waals surface area contributed by atoms with E-state index in [-0.39, 0.29) is 21.5 Å². The van der Waals surface area contributed by atoms with Crippen LogP contribution in [0.5, 0.6) is 5.75 Å². The molecule has 0 unspecified atom stereocenters. The molecular formula is C16H12F3NO2S. The van der Waals surface area contributed by atoms with Gasteiger partial charge in [-0.2, -0.15) is 13.2 Å². The first-order valence-electron chi connectivity index (χ1n) is 6.75. The topological polar surface area (TPSA) is 42.2 Å². The van der Waals surface area contributed by atoms with Gasteiger partial charge in [0.15, 0.2) is 0 Å². The second-order valence-corrected chi connectivity index (χ2v) is 6.10. The first-order valence-corrected chi connectivity index (χ1v) is 7.63. The number of hydrogen-bond acceptors (Lipinski definition) is 3. The summed E-state index contributed by atoms with van der Waals surface area (Å²) in [6.07, 6.45) is -4.53. The lowest BCUT2D eigenvalue weighted by Crippen LogP contribution is -2.29. The maximum Gasteiger partial charge on any atom is 0.406 e. The number of aryl methyl sites for hydroxylation is 1. The SMILES string of the molecule is Cc1ccccc1-c1c(O)c2sccc2n(CC(F)(F)F)c1=O. The zero-order valence-corrected chi connectivity index (χ0v) is 12.8. The molecular weight excluding hydrogens is 327 g/mol. The maximum absolute atomic E-state index is 12.9. The van der Waals surface area contributed by atoms with Gasteiger partial charge in [-0.25, -0.2) is 0 Å². The van der Waals surface area contributed by atoms with E-state index in [0.717, 1.165) is 11.3 Å². The van der Waals surface area contributed by atoms with E-state index < -0.39 is 18.3 Å². The van der Waals surface area contributed by atoms with E-state index in [9.17, 15) is 23.1 Å². The van der Waals surface area contributed by atoms with Gasteiger partial charge in [-0.15, -0.1) is 11.3 Å². The van der Waals surface area contributed by atoms with Crippen molar-refractivity contribution in [2.45, 2.75) is 19.6 Å². The molecule has 1 aromatic carbocycles. The Labute approximate surface area is 133 Å². The molecule has 3 rings (SSSR count). The predicted molar refractivity (Wildman–Crippen MR) is 84.0 cm³/mol. The summed E-state index contributed by atoms with van der Waals surface area (Å²) in [5.74, 6) is -0.271. The first-order chi connectivity index (χ1) is 10.8. The molecule has 0 amide bonds. The van der Waals surface area contributed by atoms with Gasteiger partial charge in [0.05, 0.1) is 15.8 Å². The summed E-state index contributed by atoms with van der Waals surface area (Å²) in [4.78, 5) is 12.6. The van der Waals surface area contributed by atoms with Crippen LogP contribution in [0.4, 0.5) is 13.2 Å². The second kappa shape index (κ2) is 5.42. The number of benzene rings is 1. The van der Waals surface area contributed by atoms with Gasteiger partial charge in [-0.1, -0.05) is 24.3 Å². The number of rotatable bonds is 2. The number of aromatic hydroxyl groups is 1. The number of alkyl halides is 3. The van der Waals surface area contributed by atoms with Gasteiger partial charge < -0.3 is 5.11 Å². The summed E-state index contributed by atoms with van der Waals surface area (Å²) in [6, 6.07) is 8.19. The van der Waals surface area contributed by atoms with E-state index >= 15 is 0 Å². The van der Waals surface area contributed by atoms with Crippen LogP contribution in [-0.4, -0.2) is 15.8 Å². The number of hydrogen-bond donors (Lipinski definition) is 1. The summed E-state index contributed by atoms with van der Waals surface area (Å²) in [6.45, 7) is 0.346. The highest BCUT2D eigenvalue weighted by Crippen LogP contribution is 2.37. The Morgan fingerprint density at radius 1 is 1.22 bits per heavy atom. The Bertz CT molecular complexity index is 941. The van der Waals surface area contributed by atoms with E-state index in [1.54, 1.807) is 36.6 Å². The normalized spacial score (nSPS) is 12.0. The van der Waals surface area contributed by atoms with Crippen LogP contribution >= 0.6 is 11.3 Å². The molecule has 2 aromatic heterocycles. The van der Waals surface area contributed by atoms with E-state index in [0.29, 0.717) is 15.7 Å². The molecule has 3 nitrogen and oxygen atoms in total. The van der Waals surface area contributed by atoms with Crippen molar-refractivity contribution in [2.75, 3.05) is 0 Å². The molecule has 0 spiro atoms. The molecule has 23 heavy (non-hydrogen) atoms. The van der Waals surface area contributed by atoms with Gasteiger partial charge >= 0.3 is 6.18 Å². The van der Waals surface area contributed by atoms with Crippen LogP contribution < -0.4 is 5.56 Å². The third kappa shape index (κ3) is 2.72. The van der Waals surface area contributed by atoms with Crippen LogP contribution in [0.3, 0.4) is 0 Å². The third-order valence-corrected chi connectivity index (χ3v) is 4.51. The Balaban J connectivity index is 2.40. The van der Waals surface area contributed by atoms with Crippen molar-refractivity contribution in [3.05, 3.63) is 51.6 Å². The highest BCUT2D eigenvalue weighted by Gasteiger charge is 2.31. The highest BCUT2D eigenvalue weighted by atomic mass is 32.1. The van der Waals surface area contributed by atoms with Crippen LogP contribution in [0.2, 0.25) is 0 Å². The molecule has 0 saturated carbocycles. The van der Waals surface area contributed by atoms with Gasteiger partial charge in [0.2, 0.25) is 0 Å². The van der Waals surface area contributed by atoms with Gasteiger partial charge in [-0.3, -0.25) is 9.36 Å². The summed E-state index contributed by atoms with van der Waals surface area (Å²) in [5.41, 5.74) is 0.282. The molecule has 0 fully saturated rings. The van der Waals surface area contributed by atoms with Gasteiger partial charge in [0.25, 0.3) is 5.56 Å². The fraction of sp³-hybridized carbons (Fsp3) is 0.188. The molecule has 0 aliphatic carbocycles. The van der Waals surface area contributed by atoms with Crippen LogP contribution in [-0.2, 0) is 6.54 Å². The number of nitrogens with zero attached hydrogens (tertiary/aromatic N) is 1. The first kappa shape index (κ1) is 15.6. The van der Waals surface area contributed by atoms with Crippen molar-refractivity contribution in [1.29, 1.82) is 0 Å². The van der Waals surface area contributed by atoms with Gasteiger partial charge in [0, 0.05) is 0 Å². The summed E-state index contributed by atoms with van der Waals surface area (Å²) in [7, 11) is 0. The Hall–Kier alpha value is -2.28. The number of aromatic nitrogens is 1. The average Bonchev–Trinajstić information content (AvgIpc) is 2.94. The maximum atomic E-state index is 12.9. The lowest BCUT2D eigenvalue weighted by atomic mass is 10.0. The molecule has 0 bridgehead atoms. The molecule has 0 radical (unpaired) electrons. The van der Waals surface area contributed by atoms with E-state index in [1.165, 1.54) is 6.07 Å². The molecule has 0 aliphatic heterocycles. The van der Waals surface area contributed by atoms with Crippen LogP contribution in [0.1, 0.15) is 5.56 Å². The molecule has 0 aliphatic rings. The third-order valence-electron chi connectivity index (χ3n) is 3.60. The van der Waals surface area contributed by atoms with Crippen molar-refractivity contribution in [1.82, 2.24) is 4.57 Å². The second-order valence-electron chi connectivity index (χ2n) is 5.18. The number of halogens is 3. The van der Waals surface area contributed by atoms with E-state index in [1.807, 2.05) is 0 Å². The van der Waals surface area contributed by atoms with E-state index in [4.69, 9.17) is 0 Å². The quantitative estimate of drug-likeness (QED) is 0.756. The standard InChI is InChI=1S/C16H12F3NO2S/c1-9-4-2-3-5-10(9)12-13(21)14-11(6-7-23-14)20(15(12)22)8-16(17,18)19/h2-7,21H,8H2,1H3. The summed E-state index contributed by atoms with van der Waals surface area (Å²) >= 11 is 1.10. The summed E-state index contributed by atoms with van der Waals surface area (Å²) < 4.78 is 39.5. The predicted octanol–water partition coefficient (Wildman–Crippen LogP) is 4.31. The van der Waals surface area contributed by atoms with Crippen molar-refractivity contribution in [3.63, 3.8) is 0 Å². The minimum Gasteiger partial charge on any atom is -0.506 e. The smallest absolute Gasteiger partial charge is 0.406 e. The van der Waals surface area contributed by atoms with Crippen LogP contribution in [0.15, 0.2) is 40.5 Å². The average molecular weight is 339 g/mol. The number of fused-ring (bicyclic) bond motifs is 1. The van der Waals surface area contributed by atoms with Crippen molar-refractivity contribution >= 4 is 21.6 Å². The van der Waals surface area contributed by atoms with E-state index in [2.05, 4.69) is 0 Å². The van der Waals surface area contributed by atoms with Crippen molar-refractivity contribution in [3.8, 4) is 16.9 Å². The van der Waals surface area contributed by atoms with Crippen LogP contribution in [0.25, 0.3) is 21.3 Å². The lowest BCUT2D eigenvalue weighted by molar-refractivity contribution is -0.140. The van der Waals surface area contributed by atoms with Crippen LogP contribution in [0, 0.1) is 6.92 Å². The fourth-order valence-corrected chi connectivity index (χ4v) is 3.43. The largest absolute Gasteiger partial charge is 0.506 e. The molecule has 3 aromatic rings. The van der Waals surface area contributed by atoms with Gasteiger partial charge in [0.1, 0.15) is 12.3 Å². The molecule has 2 heterocycles. The number of thiophene rings is 1. The zero-order chi connectivity index (χ0) is 16.8.